The predicted octanol–water partition coefficient (Wildman–Crippen LogP) is 2.08. The van der Waals surface area contributed by atoms with Crippen molar-refractivity contribution in [3.63, 3.8) is 0 Å². The number of hydrogen-bond acceptors (Lipinski definition) is 4. The largest absolute Gasteiger partial charge is 0.377 e. The molecule has 0 rings (SSSR count). The van der Waals surface area contributed by atoms with E-state index in [1.807, 2.05) is 26.6 Å². The monoisotopic (exact) mass is 218 g/mol. The normalized spacial score (nSPS) is 16.4. The van der Waals surface area contributed by atoms with Crippen LogP contribution in [0.3, 0.4) is 0 Å². The summed E-state index contributed by atoms with van der Waals surface area (Å²) < 4.78 is 5.45. The Morgan fingerprint density at radius 2 is 2.07 bits per heavy atom. The number of aliphatic imine (C=N–C) groups is 1. The summed E-state index contributed by atoms with van der Waals surface area (Å²) in [5.74, 6) is 0.971. The predicted molar refractivity (Wildman–Crippen MR) is 65.2 cm³/mol. The van der Waals surface area contributed by atoms with Crippen LogP contribution in [0.25, 0.3) is 0 Å². The number of nitrogens with zero attached hydrogens (tertiary/aromatic N) is 2. The van der Waals surface area contributed by atoms with Crippen LogP contribution >= 0.6 is 11.8 Å². The Balaban J connectivity index is 3.64. The highest BCUT2D eigenvalue weighted by atomic mass is 32.2. The van der Waals surface area contributed by atoms with Crippen LogP contribution < -0.4 is 0 Å². The second-order valence-electron chi connectivity index (χ2n) is 3.53. The summed E-state index contributed by atoms with van der Waals surface area (Å²) in [4.78, 5) is 6.52. The van der Waals surface area contributed by atoms with Crippen LogP contribution in [0.2, 0.25) is 0 Å². The minimum atomic E-state index is 0.205. The number of ether oxygens (including phenoxy) is 1. The molecule has 4 heteroatoms. The number of hydrogen-bond donors (Lipinski definition) is 0. The Morgan fingerprint density at radius 3 is 2.57 bits per heavy atom. The lowest BCUT2D eigenvalue weighted by molar-refractivity contribution is 0.0626. The van der Waals surface area contributed by atoms with Gasteiger partial charge in [0, 0.05) is 12.5 Å². The van der Waals surface area contributed by atoms with Crippen LogP contribution in [0.15, 0.2) is 4.99 Å². The van der Waals surface area contributed by atoms with E-state index in [1.165, 1.54) is 0 Å². The average molecular weight is 218 g/mol. The van der Waals surface area contributed by atoms with E-state index in [0.29, 0.717) is 0 Å². The fourth-order valence-corrected chi connectivity index (χ4v) is 1.49. The SMILES string of the molecule is CCO[C@@H](C)C(C)/N=C\SCN(C)C. The molecule has 14 heavy (non-hydrogen) atoms. The van der Waals surface area contributed by atoms with Crippen LogP contribution in [0.1, 0.15) is 20.8 Å². The molecule has 0 aromatic heterocycles. The highest BCUT2D eigenvalue weighted by Gasteiger charge is 2.08. The second kappa shape index (κ2) is 8.26. The standard InChI is InChI=1S/C10H22N2OS/c1-6-13-10(3)9(2)11-7-14-8-12(4)5/h7,9-10H,6,8H2,1-5H3/b11-7-/t9?,10-/m0/s1. The summed E-state index contributed by atoms with van der Waals surface area (Å²) in [6.07, 6.45) is 0.205. The van der Waals surface area contributed by atoms with Crippen LogP contribution in [-0.2, 0) is 4.74 Å². The first-order valence-electron chi connectivity index (χ1n) is 4.97. The molecule has 0 saturated heterocycles. The lowest BCUT2D eigenvalue weighted by Gasteiger charge is -2.15. The Labute approximate surface area is 91.9 Å². The minimum absolute atomic E-state index is 0.205. The van der Waals surface area contributed by atoms with Gasteiger partial charge in [-0.05, 0) is 34.9 Å². The van der Waals surface area contributed by atoms with Crippen molar-refractivity contribution < 1.29 is 4.74 Å². The van der Waals surface area contributed by atoms with Gasteiger partial charge in [-0.2, -0.15) is 0 Å². The molecular weight excluding hydrogens is 196 g/mol. The Kier molecular flexibility index (Phi) is 8.23. The fourth-order valence-electron chi connectivity index (χ4n) is 0.845. The van der Waals surface area contributed by atoms with E-state index in [-0.39, 0.29) is 12.1 Å². The molecule has 0 amide bonds. The van der Waals surface area contributed by atoms with E-state index >= 15 is 0 Å². The molecule has 0 aliphatic carbocycles. The second-order valence-corrected chi connectivity index (χ2v) is 4.33. The zero-order valence-electron chi connectivity index (χ0n) is 9.86. The van der Waals surface area contributed by atoms with Gasteiger partial charge in [0.15, 0.2) is 0 Å². The van der Waals surface area contributed by atoms with Crippen LogP contribution in [-0.4, -0.2) is 49.2 Å². The third kappa shape index (κ3) is 7.35. The topological polar surface area (TPSA) is 24.8 Å². The Hall–Kier alpha value is -0.0600. The van der Waals surface area contributed by atoms with E-state index < -0.39 is 0 Å². The first kappa shape index (κ1) is 13.9. The molecule has 1 unspecified atom stereocenters. The summed E-state index contributed by atoms with van der Waals surface area (Å²) in [5.41, 5.74) is 1.92. The Morgan fingerprint density at radius 1 is 1.43 bits per heavy atom. The third-order valence-corrected chi connectivity index (χ3v) is 2.75. The van der Waals surface area contributed by atoms with Crippen molar-refractivity contribution in [2.24, 2.45) is 4.99 Å². The first-order chi connectivity index (χ1) is 6.57. The maximum atomic E-state index is 5.45. The van der Waals surface area contributed by atoms with Crippen molar-refractivity contribution in [1.29, 1.82) is 0 Å². The number of thioether (sulfide) groups is 1. The molecule has 0 bridgehead atoms. The molecule has 0 fully saturated rings. The summed E-state index contributed by atoms with van der Waals surface area (Å²) in [6, 6.07) is 0.240. The van der Waals surface area contributed by atoms with Gasteiger partial charge in [0.25, 0.3) is 0 Å². The smallest absolute Gasteiger partial charge is 0.0767 e. The molecule has 0 spiro atoms. The van der Waals surface area contributed by atoms with Crippen LogP contribution in [0, 0.1) is 0 Å². The maximum absolute atomic E-state index is 5.45. The Bertz CT molecular complexity index is 162. The molecule has 0 saturated carbocycles. The van der Waals surface area contributed by atoms with Gasteiger partial charge in [0.1, 0.15) is 0 Å². The van der Waals surface area contributed by atoms with Gasteiger partial charge in [-0.1, -0.05) is 11.8 Å². The van der Waals surface area contributed by atoms with Crippen molar-refractivity contribution in [2.45, 2.75) is 32.9 Å². The summed E-state index contributed by atoms with van der Waals surface area (Å²) in [7, 11) is 4.10. The molecule has 0 aromatic carbocycles. The molecular formula is C10H22N2OS. The highest BCUT2D eigenvalue weighted by Crippen LogP contribution is 2.04. The zero-order chi connectivity index (χ0) is 11.0. The van der Waals surface area contributed by atoms with Crippen molar-refractivity contribution in [2.75, 3.05) is 26.6 Å². The van der Waals surface area contributed by atoms with Crippen LogP contribution in [0.4, 0.5) is 0 Å². The van der Waals surface area contributed by atoms with Gasteiger partial charge in [-0.3, -0.25) is 9.89 Å². The van der Waals surface area contributed by atoms with E-state index in [4.69, 9.17) is 4.74 Å². The van der Waals surface area contributed by atoms with Crippen molar-refractivity contribution in [3.05, 3.63) is 0 Å². The van der Waals surface area contributed by atoms with Gasteiger partial charge < -0.3 is 4.74 Å². The molecule has 0 aliphatic rings. The lowest BCUT2D eigenvalue weighted by atomic mass is 10.2. The molecule has 0 radical (unpaired) electrons. The molecule has 0 heterocycles. The van der Waals surface area contributed by atoms with Gasteiger partial charge in [0.2, 0.25) is 0 Å². The third-order valence-electron chi connectivity index (χ3n) is 1.81. The van der Waals surface area contributed by atoms with E-state index in [2.05, 4.69) is 23.7 Å². The zero-order valence-corrected chi connectivity index (χ0v) is 10.7. The summed E-state index contributed by atoms with van der Waals surface area (Å²) in [5, 5.41) is 0. The average Bonchev–Trinajstić information content (AvgIpc) is 2.12. The quantitative estimate of drug-likeness (QED) is 0.371. The van der Waals surface area contributed by atoms with Gasteiger partial charge in [-0.25, -0.2) is 0 Å². The molecule has 2 atom stereocenters. The lowest BCUT2D eigenvalue weighted by Crippen LogP contribution is -2.21. The highest BCUT2D eigenvalue weighted by molar-refractivity contribution is 8.12. The van der Waals surface area contributed by atoms with E-state index in [1.54, 1.807) is 11.8 Å². The molecule has 0 aromatic rings. The molecule has 0 aliphatic heterocycles. The van der Waals surface area contributed by atoms with Crippen molar-refractivity contribution >= 4 is 17.3 Å². The van der Waals surface area contributed by atoms with Gasteiger partial charge in [-0.15, -0.1) is 0 Å². The first-order valence-corrected chi connectivity index (χ1v) is 6.02. The van der Waals surface area contributed by atoms with Crippen molar-refractivity contribution in [3.8, 4) is 0 Å². The van der Waals surface area contributed by atoms with Crippen molar-refractivity contribution in [1.82, 2.24) is 4.90 Å². The van der Waals surface area contributed by atoms with Gasteiger partial charge >= 0.3 is 0 Å². The van der Waals surface area contributed by atoms with E-state index in [9.17, 15) is 0 Å². The molecule has 3 nitrogen and oxygen atoms in total. The molecule has 84 valence electrons. The van der Waals surface area contributed by atoms with Gasteiger partial charge in [0.05, 0.1) is 17.7 Å². The summed E-state index contributed by atoms with van der Waals surface area (Å²) in [6.45, 7) is 6.90. The summed E-state index contributed by atoms with van der Waals surface area (Å²) >= 11 is 1.70. The maximum Gasteiger partial charge on any atom is 0.0767 e. The van der Waals surface area contributed by atoms with E-state index in [0.717, 1.165) is 12.5 Å². The molecule has 0 N–H and O–H groups in total. The number of rotatable bonds is 7. The fraction of sp³-hybridized carbons (Fsp3) is 0.900. The minimum Gasteiger partial charge on any atom is -0.377 e. The van der Waals surface area contributed by atoms with Crippen LogP contribution in [0.5, 0.6) is 0 Å².